The lowest BCUT2D eigenvalue weighted by Crippen LogP contribution is -1.82. The molecule has 0 radical (unpaired) electrons. The molecule has 0 aliphatic carbocycles. The number of aromatic hydroxyl groups is 1. The van der Waals surface area contributed by atoms with Gasteiger partial charge in [0.2, 0.25) is 0 Å². The quantitative estimate of drug-likeness (QED) is 0.767. The minimum Gasteiger partial charge on any atom is -0.508 e. The number of rotatable bonds is 2. The molecule has 72 valence electrons. The number of hydrogen-bond acceptors (Lipinski definition) is 3. The molecule has 4 heteroatoms. The Hall–Kier alpha value is -1.13. The van der Waals surface area contributed by atoms with Gasteiger partial charge in [-0.25, -0.2) is 0 Å². The van der Waals surface area contributed by atoms with Gasteiger partial charge in [0, 0.05) is 17.5 Å². The Morgan fingerprint density at radius 2 is 2.00 bits per heavy atom. The van der Waals surface area contributed by atoms with E-state index in [4.69, 9.17) is 17.3 Å². The van der Waals surface area contributed by atoms with E-state index in [1.165, 1.54) is 10.4 Å². The molecular weight excluding hydrogens is 214 g/mol. The SMILES string of the molecule is Oc1ccc(Cc2c[nH]c(=S)s2)cc1. The zero-order chi connectivity index (χ0) is 9.97. The van der Waals surface area contributed by atoms with E-state index in [1.54, 1.807) is 23.5 Å². The molecule has 1 heterocycles. The molecule has 0 amide bonds. The van der Waals surface area contributed by atoms with E-state index in [0.717, 1.165) is 10.4 Å². The number of phenols is 1. The molecule has 0 atom stereocenters. The van der Waals surface area contributed by atoms with Crippen LogP contribution in [0.25, 0.3) is 0 Å². The van der Waals surface area contributed by atoms with Crippen LogP contribution in [0, 0.1) is 3.95 Å². The molecule has 0 saturated heterocycles. The molecule has 0 saturated carbocycles. The molecule has 14 heavy (non-hydrogen) atoms. The number of benzene rings is 1. The molecule has 0 fully saturated rings. The third-order valence-electron chi connectivity index (χ3n) is 1.89. The Morgan fingerprint density at radius 1 is 1.29 bits per heavy atom. The highest BCUT2D eigenvalue weighted by atomic mass is 32.1. The van der Waals surface area contributed by atoms with Gasteiger partial charge in [-0.2, -0.15) is 0 Å². The largest absolute Gasteiger partial charge is 0.508 e. The average Bonchev–Trinajstić information content (AvgIpc) is 2.56. The van der Waals surface area contributed by atoms with Crippen LogP contribution in [0.5, 0.6) is 5.75 Å². The fraction of sp³-hybridized carbons (Fsp3) is 0.100. The van der Waals surface area contributed by atoms with Gasteiger partial charge >= 0.3 is 0 Å². The topological polar surface area (TPSA) is 36.0 Å². The highest BCUT2D eigenvalue weighted by molar-refractivity contribution is 7.73. The van der Waals surface area contributed by atoms with Gasteiger partial charge in [0.25, 0.3) is 0 Å². The van der Waals surface area contributed by atoms with Crippen LogP contribution in [0.4, 0.5) is 0 Å². The van der Waals surface area contributed by atoms with Crippen LogP contribution >= 0.6 is 23.6 Å². The van der Waals surface area contributed by atoms with Gasteiger partial charge < -0.3 is 10.1 Å². The van der Waals surface area contributed by atoms with Crippen molar-refractivity contribution in [1.29, 1.82) is 0 Å². The van der Waals surface area contributed by atoms with Crippen LogP contribution < -0.4 is 0 Å². The lowest BCUT2D eigenvalue weighted by molar-refractivity contribution is 0.475. The third kappa shape index (κ3) is 2.21. The average molecular weight is 223 g/mol. The monoisotopic (exact) mass is 223 g/mol. The lowest BCUT2D eigenvalue weighted by atomic mass is 10.1. The van der Waals surface area contributed by atoms with E-state index in [2.05, 4.69) is 4.98 Å². The number of aromatic amines is 1. The minimum absolute atomic E-state index is 0.301. The number of phenolic OH excluding ortho intramolecular Hbond substituents is 1. The first-order chi connectivity index (χ1) is 6.74. The van der Waals surface area contributed by atoms with Crippen molar-refractivity contribution in [3.05, 3.63) is 44.9 Å². The molecule has 2 nitrogen and oxygen atoms in total. The highest BCUT2D eigenvalue weighted by Gasteiger charge is 1.98. The summed E-state index contributed by atoms with van der Waals surface area (Å²) in [6, 6.07) is 7.22. The normalized spacial score (nSPS) is 10.3. The second-order valence-electron chi connectivity index (χ2n) is 2.99. The Balaban J connectivity index is 2.19. The molecule has 0 aliphatic heterocycles. The molecule has 0 spiro atoms. The summed E-state index contributed by atoms with van der Waals surface area (Å²) in [7, 11) is 0. The van der Waals surface area contributed by atoms with E-state index in [1.807, 2.05) is 18.3 Å². The maximum absolute atomic E-state index is 9.11. The molecule has 2 rings (SSSR count). The van der Waals surface area contributed by atoms with Crippen molar-refractivity contribution in [2.45, 2.75) is 6.42 Å². The van der Waals surface area contributed by atoms with E-state index < -0.39 is 0 Å². The fourth-order valence-corrected chi connectivity index (χ4v) is 2.31. The van der Waals surface area contributed by atoms with Crippen molar-refractivity contribution in [2.75, 3.05) is 0 Å². The fourth-order valence-electron chi connectivity index (χ4n) is 1.22. The Bertz CT molecular complexity index is 469. The van der Waals surface area contributed by atoms with Gasteiger partial charge in [0.1, 0.15) is 5.75 Å². The number of nitrogens with one attached hydrogen (secondary N) is 1. The summed E-state index contributed by atoms with van der Waals surface area (Å²) in [6.45, 7) is 0. The predicted molar refractivity (Wildman–Crippen MR) is 60.4 cm³/mol. The van der Waals surface area contributed by atoms with Crippen molar-refractivity contribution < 1.29 is 5.11 Å². The Morgan fingerprint density at radius 3 is 2.57 bits per heavy atom. The van der Waals surface area contributed by atoms with Crippen molar-refractivity contribution >= 4 is 23.6 Å². The van der Waals surface area contributed by atoms with Crippen LogP contribution in [0.2, 0.25) is 0 Å². The van der Waals surface area contributed by atoms with E-state index in [0.29, 0.717) is 5.75 Å². The second kappa shape index (κ2) is 3.94. The molecule has 2 N–H and O–H groups in total. The van der Waals surface area contributed by atoms with Crippen molar-refractivity contribution in [2.24, 2.45) is 0 Å². The summed E-state index contributed by atoms with van der Waals surface area (Å²) >= 11 is 6.58. The van der Waals surface area contributed by atoms with Crippen LogP contribution in [-0.4, -0.2) is 10.1 Å². The zero-order valence-corrected chi connectivity index (χ0v) is 8.99. The number of thiazole rings is 1. The first-order valence-corrected chi connectivity index (χ1v) is 5.42. The van der Waals surface area contributed by atoms with Crippen molar-refractivity contribution in [1.82, 2.24) is 4.98 Å². The van der Waals surface area contributed by atoms with Crippen molar-refractivity contribution in [3.63, 3.8) is 0 Å². The Kier molecular flexibility index (Phi) is 2.65. The first-order valence-electron chi connectivity index (χ1n) is 4.19. The molecule has 1 aromatic carbocycles. The zero-order valence-electron chi connectivity index (χ0n) is 7.36. The van der Waals surface area contributed by atoms with Gasteiger partial charge in [-0.3, -0.25) is 0 Å². The third-order valence-corrected chi connectivity index (χ3v) is 3.08. The Labute approximate surface area is 90.9 Å². The summed E-state index contributed by atoms with van der Waals surface area (Å²) in [4.78, 5) is 4.19. The number of hydrogen-bond donors (Lipinski definition) is 2. The molecule has 0 bridgehead atoms. The number of aromatic nitrogens is 1. The van der Waals surface area contributed by atoms with Gasteiger partial charge in [-0.1, -0.05) is 12.1 Å². The highest BCUT2D eigenvalue weighted by Crippen LogP contribution is 2.16. The standard InChI is InChI=1S/C10H9NOS2/c12-8-3-1-7(2-4-8)5-9-6-11-10(13)14-9/h1-4,6,12H,5H2,(H,11,13). The van der Waals surface area contributed by atoms with Gasteiger partial charge in [0.05, 0.1) is 0 Å². The van der Waals surface area contributed by atoms with Gasteiger partial charge in [0.15, 0.2) is 3.95 Å². The molecular formula is C10H9NOS2. The minimum atomic E-state index is 0.301. The lowest BCUT2D eigenvalue weighted by Gasteiger charge is -1.97. The van der Waals surface area contributed by atoms with Crippen LogP contribution in [0.15, 0.2) is 30.5 Å². The van der Waals surface area contributed by atoms with Crippen molar-refractivity contribution in [3.8, 4) is 5.75 Å². The summed E-state index contributed by atoms with van der Waals surface area (Å²) in [5.41, 5.74) is 1.17. The molecule has 0 aliphatic rings. The second-order valence-corrected chi connectivity index (χ2v) is 4.79. The summed E-state index contributed by atoms with van der Waals surface area (Å²) in [6.07, 6.45) is 2.79. The van der Waals surface area contributed by atoms with E-state index in [9.17, 15) is 0 Å². The smallest absolute Gasteiger partial charge is 0.158 e. The van der Waals surface area contributed by atoms with Crippen LogP contribution in [0.3, 0.4) is 0 Å². The molecule has 0 unspecified atom stereocenters. The summed E-state index contributed by atoms with van der Waals surface area (Å²) in [5.74, 6) is 0.301. The maximum atomic E-state index is 9.11. The first kappa shape index (κ1) is 9.43. The summed E-state index contributed by atoms with van der Waals surface area (Å²) in [5, 5.41) is 9.11. The number of H-pyrrole nitrogens is 1. The molecule has 2 aromatic rings. The van der Waals surface area contributed by atoms with E-state index in [-0.39, 0.29) is 0 Å². The molecule has 1 aromatic heterocycles. The maximum Gasteiger partial charge on any atom is 0.158 e. The van der Waals surface area contributed by atoms with Crippen LogP contribution in [0.1, 0.15) is 10.4 Å². The van der Waals surface area contributed by atoms with Gasteiger partial charge in [-0.05, 0) is 29.9 Å². The van der Waals surface area contributed by atoms with Gasteiger partial charge in [-0.15, -0.1) is 11.3 Å². The summed E-state index contributed by atoms with van der Waals surface area (Å²) < 4.78 is 0.804. The van der Waals surface area contributed by atoms with E-state index >= 15 is 0 Å². The van der Waals surface area contributed by atoms with Crippen LogP contribution in [-0.2, 0) is 6.42 Å². The predicted octanol–water partition coefficient (Wildman–Crippen LogP) is 3.10.